The highest BCUT2D eigenvalue weighted by molar-refractivity contribution is 9.10. The van der Waals surface area contributed by atoms with Crippen molar-refractivity contribution in [3.63, 3.8) is 0 Å². The standard InChI is InChI=1S/C15H11BrCl2N2O2S/c16-9-1-4-11(5-2-9)19-15(23)20-14(21)8-22-13-6-3-10(17)7-12(13)18/h1-7H,8H2,(H2,19,20,21,23). The van der Waals surface area contributed by atoms with Gasteiger partial charge in [-0.05, 0) is 54.7 Å². The molecule has 0 aliphatic heterocycles. The highest BCUT2D eigenvalue weighted by Crippen LogP contribution is 2.27. The zero-order chi connectivity index (χ0) is 16.8. The number of amides is 1. The van der Waals surface area contributed by atoms with Crippen molar-refractivity contribution in [2.24, 2.45) is 0 Å². The van der Waals surface area contributed by atoms with E-state index < -0.39 is 5.91 Å². The van der Waals surface area contributed by atoms with Crippen LogP contribution in [0.25, 0.3) is 0 Å². The quantitative estimate of drug-likeness (QED) is 0.689. The Balaban J connectivity index is 1.82. The van der Waals surface area contributed by atoms with Gasteiger partial charge < -0.3 is 10.1 Å². The lowest BCUT2D eigenvalue weighted by molar-refractivity contribution is -0.121. The average Bonchev–Trinajstić information content (AvgIpc) is 2.48. The highest BCUT2D eigenvalue weighted by atomic mass is 79.9. The molecule has 2 aromatic carbocycles. The Morgan fingerprint density at radius 1 is 1.17 bits per heavy atom. The topological polar surface area (TPSA) is 50.4 Å². The number of carbonyl (C=O) groups is 1. The monoisotopic (exact) mass is 432 g/mol. The summed E-state index contributed by atoms with van der Waals surface area (Å²) in [6.07, 6.45) is 0. The van der Waals surface area contributed by atoms with Crippen molar-refractivity contribution >= 4 is 68.1 Å². The van der Waals surface area contributed by atoms with Gasteiger partial charge in [0.15, 0.2) is 11.7 Å². The Labute approximate surface area is 157 Å². The van der Waals surface area contributed by atoms with Gasteiger partial charge in [0.25, 0.3) is 5.91 Å². The van der Waals surface area contributed by atoms with Crippen molar-refractivity contribution in [3.05, 3.63) is 57.0 Å². The van der Waals surface area contributed by atoms with Crippen molar-refractivity contribution in [2.45, 2.75) is 0 Å². The summed E-state index contributed by atoms with van der Waals surface area (Å²) in [5.41, 5.74) is 0.764. The molecule has 0 saturated heterocycles. The molecule has 4 nitrogen and oxygen atoms in total. The molecule has 0 aliphatic rings. The van der Waals surface area contributed by atoms with E-state index in [2.05, 4.69) is 26.6 Å². The number of nitrogens with one attached hydrogen (secondary N) is 2. The number of thiocarbonyl (C=S) groups is 1. The highest BCUT2D eigenvalue weighted by Gasteiger charge is 2.08. The second-order valence-electron chi connectivity index (χ2n) is 4.37. The van der Waals surface area contributed by atoms with Crippen molar-refractivity contribution < 1.29 is 9.53 Å². The number of halogens is 3. The van der Waals surface area contributed by atoms with Gasteiger partial charge in [-0.25, -0.2) is 0 Å². The van der Waals surface area contributed by atoms with Crippen LogP contribution in [0.15, 0.2) is 46.9 Å². The number of ether oxygens (including phenoxy) is 1. The smallest absolute Gasteiger partial charge is 0.264 e. The second-order valence-corrected chi connectivity index (χ2v) is 6.54. The summed E-state index contributed by atoms with van der Waals surface area (Å²) in [4.78, 5) is 11.8. The van der Waals surface area contributed by atoms with Gasteiger partial charge in [-0.1, -0.05) is 39.1 Å². The van der Waals surface area contributed by atoms with Gasteiger partial charge in [-0.2, -0.15) is 0 Å². The molecule has 2 rings (SSSR count). The summed E-state index contributed by atoms with van der Waals surface area (Å²) >= 11 is 20.1. The summed E-state index contributed by atoms with van der Waals surface area (Å²) in [5, 5.41) is 6.43. The maximum absolute atomic E-state index is 11.8. The third-order valence-corrected chi connectivity index (χ3v) is 3.87. The molecule has 0 bridgehead atoms. The van der Waals surface area contributed by atoms with Crippen LogP contribution < -0.4 is 15.4 Å². The average molecular weight is 434 g/mol. The Morgan fingerprint density at radius 2 is 1.87 bits per heavy atom. The molecular formula is C15H11BrCl2N2O2S. The summed E-state index contributed by atoms with van der Waals surface area (Å²) in [6, 6.07) is 12.1. The van der Waals surface area contributed by atoms with Crippen LogP contribution in [0.4, 0.5) is 5.69 Å². The molecule has 0 spiro atoms. The maximum atomic E-state index is 11.8. The number of hydrogen-bond acceptors (Lipinski definition) is 3. The molecule has 1 amide bonds. The van der Waals surface area contributed by atoms with Gasteiger partial charge in [0.05, 0.1) is 5.02 Å². The molecular weight excluding hydrogens is 423 g/mol. The molecule has 0 saturated carbocycles. The molecule has 0 aliphatic carbocycles. The van der Waals surface area contributed by atoms with E-state index in [1.54, 1.807) is 12.1 Å². The summed E-state index contributed by atoms with van der Waals surface area (Å²) < 4.78 is 6.27. The van der Waals surface area contributed by atoms with Crippen LogP contribution in [0.2, 0.25) is 10.0 Å². The van der Waals surface area contributed by atoms with E-state index in [4.69, 9.17) is 40.2 Å². The fraction of sp³-hybridized carbons (Fsp3) is 0.0667. The number of anilines is 1. The zero-order valence-corrected chi connectivity index (χ0v) is 15.5. The van der Waals surface area contributed by atoms with Crippen molar-refractivity contribution in [2.75, 3.05) is 11.9 Å². The Bertz CT molecular complexity index is 726. The van der Waals surface area contributed by atoms with Crippen LogP contribution in [0.1, 0.15) is 0 Å². The van der Waals surface area contributed by atoms with Crippen molar-refractivity contribution in [1.29, 1.82) is 0 Å². The first kappa shape index (κ1) is 18.0. The summed E-state index contributed by atoms with van der Waals surface area (Å²) in [7, 11) is 0. The molecule has 0 radical (unpaired) electrons. The van der Waals surface area contributed by atoms with Crippen LogP contribution in [-0.4, -0.2) is 17.6 Å². The van der Waals surface area contributed by atoms with Crippen LogP contribution in [0.3, 0.4) is 0 Å². The normalized spacial score (nSPS) is 10.0. The fourth-order valence-corrected chi connectivity index (χ4v) is 2.55. The minimum atomic E-state index is -0.398. The van der Waals surface area contributed by atoms with Crippen LogP contribution in [0.5, 0.6) is 5.75 Å². The van der Waals surface area contributed by atoms with E-state index in [0.717, 1.165) is 10.2 Å². The van der Waals surface area contributed by atoms with E-state index >= 15 is 0 Å². The molecule has 0 fully saturated rings. The molecule has 0 unspecified atom stereocenters. The first-order chi connectivity index (χ1) is 10.9. The third-order valence-electron chi connectivity index (χ3n) is 2.61. The number of benzene rings is 2. The molecule has 2 aromatic rings. The lowest BCUT2D eigenvalue weighted by Crippen LogP contribution is -2.37. The van der Waals surface area contributed by atoms with Gasteiger partial charge in [-0.15, -0.1) is 0 Å². The SMILES string of the molecule is O=C(COc1ccc(Cl)cc1Cl)NC(=S)Nc1ccc(Br)cc1. The van der Waals surface area contributed by atoms with E-state index in [1.807, 2.05) is 24.3 Å². The molecule has 23 heavy (non-hydrogen) atoms. The minimum absolute atomic E-state index is 0.183. The number of rotatable bonds is 4. The molecule has 0 atom stereocenters. The second kappa shape index (κ2) is 8.49. The minimum Gasteiger partial charge on any atom is -0.482 e. The molecule has 8 heteroatoms. The predicted octanol–water partition coefficient (Wildman–Crippen LogP) is 4.65. The maximum Gasteiger partial charge on any atom is 0.264 e. The van der Waals surface area contributed by atoms with Gasteiger partial charge in [-0.3, -0.25) is 10.1 Å². The van der Waals surface area contributed by atoms with Gasteiger partial charge >= 0.3 is 0 Å². The number of hydrogen-bond donors (Lipinski definition) is 2. The Kier molecular flexibility index (Phi) is 6.65. The molecule has 2 N–H and O–H groups in total. The van der Waals surface area contributed by atoms with Crippen LogP contribution in [-0.2, 0) is 4.79 Å². The fourth-order valence-electron chi connectivity index (χ4n) is 1.59. The summed E-state index contributed by atoms with van der Waals surface area (Å²) in [6.45, 7) is -0.219. The van der Waals surface area contributed by atoms with Crippen molar-refractivity contribution in [1.82, 2.24) is 5.32 Å². The predicted molar refractivity (Wildman–Crippen MR) is 100 cm³/mol. The van der Waals surface area contributed by atoms with Gasteiger partial charge in [0.1, 0.15) is 5.75 Å². The molecule has 0 aromatic heterocycles. The van der Waals surface area contributed by atoms with E-state index in [9.17, 15) is 4.79 Å². The lowest BCUT2D eigenvalue weighted by atomic mass is 10.3. The third kappa shape index (κ3) is 5.99. The lowest BCUT2D eigenvalue weighted by Gasteiger charge is -2.11. The van der Waals surface area contributed by atoms with Crippen LogP contribution in [0, 0.1) is 0 Å². The first-order valence-electron chi connectivity index (χ1n) is 6.38. The number of carbonyl (C=O) groups excluding carboxylic acids is 1. The largest absolute Gasteiger partial charge is 0.482 e. The van der Waals surface area contributed by atoms with E-state index in [1.165, 1.54) is 6.07 Å². The molecule has 0 heterocycles. The van der Waals surface area contributed by atoms with Crippen LogP contribution >= 0.6 is 51.3 Å². The van der Waals surface area contributed by atoms with E-state index in [-0.39, 0.29) is 11.7 Å². The van der Waals surface area contributed by atoms with Crippen molar-refractivity contribution in [3.8, 4) is 5.75 Å². The van der Waals surface area contributed by atoms with Gasteiger partial charge in [0.2, 0.25) is 0 Å². The van der Waals surface area contributed by atoms with Gasteiger partial charge in [0, 0.05) is 15.2 Å². The Morgan fingerprint density at radius 3 is 2.52 bits per heavy atom. The zero-order valence-electron chi connectivity index (χ0n) is 11.6. The Hall–Kier alpha value is -1.34. The first-order valence-corrected chi connectivity index (χ1v) is 8.34. The molecule has 120 valence electrons. The summed E-state index contributed by atoms with van der Waals surface area (Å²) in [5.74, 6) is -0.0244. The van der Waals surface area contributed by atoms with E-state index in [0.29, 0.717) is 15.8 Å².